The lowest BCUT2D eigenvalue weighted by Crippen LogP contribution is -2.37. The van der Waals surface area contributed by atoms with Gasteiger partial charge in [0.1, 0.15) is 0 Å². The highest BCUT2D eigenvalue weighted by Crippen LogP contribution is 2.32. The molecule has 7 nitrogen and oxygen atoms in total. The van der Waals surface area contributed by atoms with Crippen LogP contribution in [0.1, 0.15) is 20.7 Å². The number of imide groups is 1. The van der Waals surface area contributed by atoms with Crippen LogP contribution in [-0.4, -0.2) is 36.0 Å². The standard InChI is InChI=1S/C24H15Cl2NO6/c25-16-11-17(26)13-18(12-16)27-21(28)19(32-23(30)14-7-3-1-4-8-14)20(22(27)29)33-24(31)15-9-5-2-6-10-15/h1-13,19-20H/t19-,20-/m1/s1. The van der Waals surface area contributed by atoms with Crippen molar-refractivity contribution in [2.75, 3.05) is 4.90 Å². The lowest BCUT2D eigenvalue weighted by atomic mass is 10.2. The van der Waals surface area contributed by atoms with Crippen molar-refractivity contribution in [3.63, 3.8) is 0 Å². The van der Waals surface area contributed by atoms with Gasteiger partial charge in [-0.15, -0.1) is 0 Å². The molecule has 4 rings (SSSR count). The molecule has 0 radical (unpaired) electrons. The van der Waals surface area contributed by atoms with Crippen molar-refractivity contribution in [3.8, 4) is 0 Å². The average molecular weight is 484 g/mol. The van der Waals surface area contributed by atoms with Crippen LogP contribution < -0.4 is 4.90 Å². The highest BCUT2D eigenvalue weighted by Gasteiger charge is 2.53. The van der Waals surface area contributed by atoms with Gasteiger partial charge in [0.15, 0.2) is 0 Å². The van der Waals surface area contributed by atoms with Gasteiger partial charge in [-0.2, -0.15) is 0 Å². The van der Waals surface area contributed by atoms with Crippen molar-refractivity contribution < 1.29 is 28.7 Å². The van der Waals surface area contributed by atoms with Crippen LogP contribution in [0.15, 0.2) is 78.9 Å². The summed E-state index contributed by atoms with van der Waals surface area (Å²) in [4.78, 5) is 52.3. The Morgan fingerprint density at radius 2 is 1.06 bits per heavy atom. The predicted molar refractivity (Wildman–Crippen MR) is 120 cm³/mol. The normalized spacial score (nSPS) is 17.7. The molecule has 0 bridgehead atoms. The molecule has 1 fully saturated rings. The number of hydrogen-bond acceptors (Lipinski definition) is 6. The number of nitrogens with zero attached hydrogens (tertiary/aromatic N) is 1. The fraction of sp³-hybridized carbons (Fsp3) is 0.0833. The van der Waals surface area contributed by atoms with Crippen LogP contribution in [0.25, 0.3) is 0 Å². The smallest absolute Gasteiger partial charge is 0.339 e. The molecule has 1 saturated heterocycles. The van der Waals surface area contributed by atoms with E-state index in [4.69, 9.17) is 32.7 Å². The highest BCUT2D eigenvalue weighted by molar-refractivity contribution is 6.36. The van der Waals surface area contributed by atoms with Crippen molar-refractivity contribution in [3.05, 3.63) is 100 Å². The van der Waals surface area contributed by atoms with Gasteiger partial charge in [0.25, 0.3) is 11.8 Å². The van der Waals surface area contributed by atoms with Gasteiger partial charge < -0.3 is 9.47 Å². The second kappa shape index (κ2) is 9.44. The molecule has 1 aliphatic heterocycles. The first-order chi connectivity index (χ1) is 15.8. The maximum Gasteiger partial charge on any atom is 0.339 e. The number of carbonyl (C=O) groups is 4. The molecule has 3 aromatic carbocycles. The zero-order valence-electron chi connectivity index (χ0n) is 16.8. The zero-order valence-corrected chi connectivity index (χ0v) is 18.3. The fourth-order valence-electron chi connectivity index (χ4n) is 3.28. The van der Waals surface area contributed by atoms with Gasteiger partial charge >= 0.3 is 11.9 Å². The molecule has 166 valence electrons. The second-order valence-corrected chi connectivity index (χ2v) is 7.90. The number of hydrogen-bond donors (Lipinski definition) is 0. The Bertz CT molecular complexity index is 1140. The third-order valence-electron chi connectivity index (χ3n) is 4.80. The minimum absolute atomic E-state index is 0.0570. The first-order valence-corrected chi connectivity index (χ1v) is 10.5. The quantitative estimate of drug-likeness (QED) is 0.396. The lowest BCUT2D eigenvalue weighted by molar-refractivity contribution is -0.130. The van der Waals surface area contributed by atoms with E-state index < -0.39 is 36.0 Å². The van der Waals surface area contributed by atoms with Gasteiger partial charge in [-0.1, -0.05) is 59.6 Å². The average Bonchev–Trinajstić information content (AvgIpc) is 3.03. The number of amides is 2. The molecule has 0 saturated carbocycles. The molecule has 2 atom stereocenters. The molecule has 9 heteroatoms. The molecule has 0 aromatic heterocycles. The first kappa shape index (κ1) is 22.5. The van der Waals surface area contributed by atoms with Crippen molar-refractivity contribution in [1.82, 2.24) is 0 Å². The summed E-state index contributed by atoms with van der Waals surface area (Å²) in [6.45, 7) is 0. The van der Waals surface area contributed by atoms with Gasteiger partial charge in [-0.05, 0) is 42.5 Å². The van der Waals surface area contributed by atoms with Crippen molar-refractivity contribution >= 4 is 52.6 Å². The van der Waals surface area contributed by atoms with Gasteiger partial charge in [-0.25, -0.2) is 14.5 Å². The molecule has 1 aliphatic rings. The minimum Gasteiger partial charge on any atom is -0.444 e. The largest absolute Gasteiger partial charge is 0.444 e. The highest BCUT2D eigenvalue weighted by atomic mass is 35.5. The topological polar surface area (TPSA) is 90.0 Å². The van der Waals surface area contributed by atoms with Crippen LogP contribution in [0.2, 0.25) is 10.0 Å². The molecule has 3 aromatic rings. The van der Waals surface area contributed by atoms with E-state index in [0.717, 1.165) is 4.90 Å². The fourth-order valence-corrected chi connectivity index (χ4v) is 3.80. The summed E-state index contributed by atoms with van der Waals surface area (Å²) in [5.41, 5.74) is 0.381. The summed E-state index contributed by atoms with van der Waals surface area (Å²) in [7, 11) is 0. The van der Waals surface area contributed by atoms with Gasteiger partial charge in [0.2, 0.25) is 12.2 Å². The Morgan fingerprint density at radius 3 is 1.45 bits per heavy atom. The molecule has 0 N–H and O–H groups in total. The summed E-state index contributed by atoms with van der Waals surface area (Å²) in [6, 6.07) is 20.0. The molecule has 1 heterocycles. The summed E-state index contributed by atoms with van der Waals surface area (Å²) >= 11 is 12.0. The maximum atomic E-state index is 13.2. The number of halogens is 2. The van der Waals surface area contributed by atoms with Gasteiger partial charge in [-0.3, -0.25) is 9.59 Å². The number of anilines is 1. The zero-order chi connectivity index (χ0) is 23.5. The number of carbonyl (C=O) groups excluding carboxylic acids is 4. The number of esters is 2. The summed E-state index contributed by atoms with van der Waals surface area (Å²) in [5, 5.41) is 0.362. The van der Waals surface area contributed by atoms with Crippen LogP contribution in [0.3, 0.4) is 0 Å². The lowest BCUT2D eigenvalue weighted by Gasteiger charge is -2.16. The van der Waals surface area contributed by atoms with Crippen LogP contribution in [0.4, 0.5) is 5.69 Å². The van der Waals surface area contributed by atoms with E-state index in [-0.39, 0.29) is 26.9 Å². The number of benzene rings is 3. The molecule has 33 heavy (non-hydrogen) atoms. The second-order valence-electron chi connectivity index (χ2n) is 7.02. The van der Waals surface area contributed by atoms with E-state index in [0.29, 0.717) is 0 Å². The van der Waals surface area contributed by atoms with E-state index in [1.165, 1.54) is 42.5 Å². The third kappa shape index (κ3) is 4.74. The van der Waals surface area contributed by atoms with E-state index in [2.05, 4.69) is 0 Å². The Morgan fingerprint density at radius 1 is 0.667 bits per heavy atom. The summed E-state index contributed by atoms with van der Waals surface area (Å²) in [6.07, 6.45) is -3.40. The van der Waals surface area contributed by atoms with Crippen molar-refractivity contribution in [2.45, 2.75) is 12.2 Å². The summed E-state index contributed by atoms with van der Waals surface area (Å²) in [5.74, 6) is -3.50. The molecule has 2 amide bonds. The van der Waals surface area contributed by atoms with Crippen LogP contribution in [-0.2, 0) is 19.1 Å². The molecule has 0 unspecified atom stereocenters. The Balaban J connectivity index is 1.68. The minimum atomic E-state index is -1.70. The van der Waals surface area contributed by atoms with Gasteiger partial charge in [0.05, 0.1) is 16.8 Å². The van der Waals surface area contributed by atoms with E-state index in [1.54, 1.807) is 36.4 Å². The predicted octanol–water partition coefficient (Wildman–Crippen LogP) is 4.32. The Kier molecular flexibility index (Phi) is 6.44. The van der Waals surface area contributed by atoms with Crippen molar-refractivity contribution in [1.29, 1.82) is 0 Å². The monoisotopic (exact) mass is 483 g/mol. The third-order valence-corrected chi connectivity index (χ3v) is 5.23. The van der Waals surface area contributed by atoms with E-state index >= 15 is 0 Å². The van der Waals surface area contributed by atoms with Crippen LogP contribution in [0, 0.1) is 0 Å². The first-order valence-electron chi connectivity index (χ1n) is 9.71. The molecule has 0 aliphatic carbocycles. The molecular weight excluding hydrogens is 469 g/mol. The Labute approximate surface area is 198 Å². The van der Waals surface area contributed by atoms with Crippen LogP contribution >= 0.6 is 23.2 Å². The van der Waals surface area contributed by atoms with E-state index in [9.17, 15) is 19.2 Å². The van der Waals surface area contributed by atoms with Gasteiger partial charge in [0, 0.05) is 10.0 Å². The van der Waals surface area contributed by atoms with Crippen LogP contribution in [0.5, 0.6) is 0 Å². The van der Waals surface area contributed by atoms with Crippen molar-refractivity contribution in [2.24, 2.45) is 0 Å². The number of ether oxygens (including phenoxy) is 2. The Hall–Kier alpha value is -3.68. The SMILES string of the molecule is O=C(O[C@H]1C(=O)N(c2cc(Cl)cc(Cl)c2)C(=O)[C@@H]1OC(=O)c1ccccc1)c1ccccc1. The number of rotatable bonds is 5. The molecular formula is C24H15Cl2NO6. The molecule has 0 spiro atoms. The maximum absolute atomic E-state index is 13.2. The van der Waals surface area contributed by atoms with E-state index in [1.807, 2.05) is 0 Å². The summed E-state index contributed by atoms with van der Waals surface area (Å²) < 4.78 is 10.7.